The molecule has 3 rings (SSSR count). The number of nitrogens with one attached hydrogen (secondary N) is 1. The van der Waals surface area contributed by atoms with E-state index in [1.807, 2.05) is 33.8 Å². The zero-order valence-electron chi connectivity index (χ0n) is 17.6. The number of nitrogens with zero attached hydrogens (tertiary/aromatic N) is 2. The molecule has 1 N–H and O–H groups in total. The summed E-state index contributed by atoms with van der Waals surface area (Å²) < 4.78 is 44.9. The molecule has 1 heterocycles. The highest BCUT2D eigenvalue weighted by Gasteiger charge is 2.25. The van der Waals surface area contributed by atoms with E-state index in [0.29, 0.717) is 27.5 Å². The summed E-state index contributed by atoms with van der Waals surface area (Å²) in [6.45, 7) is 11.2. The Hall–Kier alpha value is -2.67. The largest absolute Gasteiger partial charge is 0.276 e. The molecule has 0 bridgehead atoms. The van der Waals surface area contributed by atoms with Crippen LogP contribution in [0.3, 0.4) is 0 Å². The second kappa shape index (κ2) is 7.63. The molecule has 29 heavy (non-hydrogen) atoms. The zero-order chi connectivity index (χ0) is 21.5. The van der Waals surface area contributed by atoms with E-state index in [1.54, 1.807) is 36.7 Å². The SMILES string of the molecule is Cc1cc(C)c(C)c(S(=O)(=O)Nc2c(C)nn(Cc3ccccc3F)c2C)c1C. The Labute approximate surface area is 171 Å². The van der Waals surface area contributed by atoms with Crippen molar-refractivity contribution in [3.05, 3.63) is 75.4 Å². The smallest absolute Gasteiger partial charge is 0.262 e. The second-order valence-corrected chi connectivity index (χ2v) is 9.11. The minimum Gasteiger partial charge on any atom is -0.276 e. The van der Waals surface area contributed by atoms with Gasteiger partial charge in [0.2, 0.25) is 0 Å². The van der Waals surface area contributed by atoms with Crippen LogP contribution in [0.5, 0.6) is 0 Å². The molecule has 154 valence electrons. The minimum absolute atomic E-state index is 0.225. The van der Waals surface area contributed by atoms with Gasteiger partial charge in [0.15, 0.2) is 0 Å². The van der Waals surface area contributed by atoms with E-state index in [1.165, 1.54) is 6.07 Å². The summed E-state index contributed by atoms with van der Waals surface area (Å²) in [5.74, 6) is -0.316. The highest BCUT2D eigenvalue weighted by molar-refractivity contribution is 7.92. The molecule has 0 atom stereocenters. The lowest BCUT2D eigenvalue weighted by Crippen LogP contribution is -2.18. The summed E-state index contributed by atoms with van der Waals surface area (Å²) >= 11 is 0. The van der Waals surface area contributed by atoms with Gasteiger partial charge in [0, 0.05) is 5.56 Å². The fourth-order valence-electron chi connectivity index (χ4n) is 3.56. The first-order valence-electron chi connectivity index (χ1n) is 9.40. The van der Waals surface area contributed by atoms with Crippen LogP contribution in [0.2, 0.25) is 0 Å². The summed E-state index contributed by atoms with van der Waals surface area (Å²) in [5.41, 5.74) is 5.42. The van der Waals surface area contributed by atoms with Gasteiger partial charge >= 0.3 is 0 Å². The first-order valence-corrected chi connectivity index (χ1v) is 10.9. The van der Waals surface area contributed by atoms with Crippen LogP contribution < -0.4 is 4.72 Å². The fourth-order valence-corrected chi connectivity index (χ4v) is 5.35. The van der Waals surface area contributed by atoms with Gasteiger partial charge in [-0.1, -0.05) is 24.3 Å². The minimum atomic E-state index is -3.81. The number of aryl methyl sites for hydroxylation is 3. The molecule has 0 aliphatic heterocycles. The van der Waals surface area contributed by atoms with Crippen LogP contribution in [0.25, 0.3) is 0 Å². The highest BCUT2D eigenvalue weighted by Crippen LogP contribution is 2.30. The van der Waals surface area contributed by atoms with Crippen LogP contribution in [0.4, 0.5) is 10.1 Å². The number of benzene rings is 2. The standard InChI is InChI=1S/C22H26FN3O2S/c1-13-11-14(2)16(4)22(15(13)3)29(27,28)25-21-17(5)24-26(18(21)6)12-19-9-7-8-10-20(19)23/h7-11,25H,12H2,1-6H3. The van der Waals surface area contributed by atoms with E-state index in [9.17, 15) is 12.8 Å². The first-order chi connectivity index (χ1) is 13.5. The molecule has 0 aliphatic carbocycles. The summed E-state index contributed by atoms with van der Waals surface area (Å²) in [7, 11) is -3.81. The summed E-state index contributed by atoms with van der Waals surface area (Å²) in [6, 6.07) is 8.48. The molecule has 0 amide bonds. The monoisotopic (exact) mass is 415 g/mol. The molecule has 3 aromatic rings. The maximum atomic E-state index is 14.0. The van der Waals surface area contributed by atoms with Crippen LogP contribution in [-0.2, 0) is 16.6 Å². The molecular formula is C22H26FN3O2S. The number of aromatic nitrogens is 2. The maximum Gasteiger partial charge on any atom is 0.262 e. The highest BCUT2D eigenvalue weighted by atomic mass is 32.2. The van der Waals surface area contributed by atoms with Crippen molar-refractivity contribution in [2.45, 2.75) is 53.0 Å². The van der Waals surface area contributed by atoms with E-state index in [-0.39, 0.29) is 12.4 Å². The second-order valence-electron chi connectivity index (χ2n) is 7.49. The fraction of sp³-hybridized carbons (Fsp3) is 0.318. The van der Waals surface area contributed by atoms with E-state index < -0.39 is 10.0 Å². The third-order valence-corrected chi connectivity index (χ3v) is 7.08. The van der Waals surface area contributed by atoms with Gasteiger partial charge in [-0.3, -0.25) is 9.40 Å². The Bertz CT molecular complexity index is 1170. The quantitative estimate of drug-likeness (QED) is 0.656. The number of anilines is 1. The molecule has 0 saturated carbocycles. The molecule has 0 spiro atoms. The van der Waals surface area contributed by atoms with Gasteiger partial charge in [0.25, 0.3) is 10.0 Å². The molecule has 0 unspecified atom stereocenters. The molecule has 0 aliphatic rings. The van der Waals surface area contributed by atoms with Crippen molar-refractivity contribution < 1.29 is 12.8 Å². The van der Waals surface area contributed by atoms with Crippen molar-refractivity contribution in [3.8, 4) is 0 Å². The predicted octanol–water partition coefficient (Wildman–Crippen LogP) is 4.72. The van der Waals surface area contributed by atoms with Gasteiger partial charge in [0.05, 0.1) is 28.5 Å². The molecule has 1 aromatic heterocycles. The van der Waals surface area contributed by atoms with Gasteiger partial charge < -0.3 is 0 Å². The van der Waals surface area contributed by atoms with Crippen molar-refractivity contribution in [3.63, 3.8) is 0 Å². The summed E-state index contributed by atoms with van der Waals surface area (Å²) in [6.07, 6.45) is 0. The summed E-state index contributed by atoms with van der Waals surface area (Å²) in [4.78, 5) is 0.302. The van der Waals surface area contributed by atoms with Crippen molar-refractivity contribution in [1.82, 2.24) is 9.78 Å². The molecule has 0 fully saturated rings. The number of hydrogen-bond acceptors (Lipinski definition) is 3. The third kappa shape index (κ3) is 3.92. The van der Waals surface area contributed by atoms with Crippen LogP contribution in [0.15, 0.2) is 35.2 Å². The van der Waals surface area contributed by atoms with Gasteiger partial charge in [-0.2, -0.15) is 5.10 Å². The normalized spacial score (nSPS) is 11.7. The van der Waals surface area contributed by atoms with Crippen LogP contribution in [0.1, 0.15) is 39.2 Å². The van der Waals surface area contributed by atoms with Gasteiger partial charge in [-0.25, -0.2) is 12.8 Å². The number of halogens is 1. The molecule has 7 heteroatoms. The van der Waals surface area contributed by atoms with Crippen molar-refractivity contribution in [2.75, 3.05) is 4.72 Å². The first kappa shape index (κ1) is 21.0. The van der Waals surface area contributed by atoms with Crippen LogP contribution in [-0.4, -0.2) is 18.2 Å². The predicted molar refractivity (Wildman–Crippen MR) is 113 cm³/mol. The van der Waals surface area contributed by atoms with E-state index in [4.69, 9.17) is 0 Å². The lowest BCUT2D eigenvalue weighted by Gasteiger charge is -2.17. The Balaban J connectivity index is 2.02. The number of hydrogen-bond donors (Lipinski definition) is 1. The van der Waals surface area contributed by atoms with Crippen molar-refractivity contribution in [2.24, 2.45) is 0 Å². The zero-order valence-corrected chi connectivity index (χ0v) is 18.4. The lowest BCUT2D eigenvalue weighted by atomic mass is 10.0. The lowest BCUT2D eigenvalue weighted by molar-refractivity contribution is 0.579. The molecule has 0 radical (unpaired) electrons. The van der Waals surface area contributed by atoms with E-state index in [0.717, 1.165) is 22.3 Å². The van der Waals surface area contributed by atoms with Crippen LogP contribution >= 0.6 is 0 Å². The van der Waals surface area contributed by atoms with E-state index >= 15 is 0 Å². The van der Waals surface area contributed by atoms with E-state index in [2.05, 4.69) is 9.82 Å². The van der Waals surface area contributed by atoms with Gasteiger partial charge in [-0.05, 0) is 69.9 Å². The Morgan fingerprint density at radius 3 is 2.17 bits per heavy atom. The number of rotatable bonds is 5. The Kier molecular flexibility index (Phi) is 5.54. The van der Waals surface area contributed by atoms with Gasteiger partial charge in [-0.15, -0.1) is 0 Å². The molecular weight excluding hydrogens is 389 g/mol. The van der Waals surface area contributed by atoms with Gasteiger partial charge in [0.1, 0.15) is 5.82 Å². The Morgan fingerprint density at radius 2 is 1.59 bits per heavy atom. The third-order valence-electron chi connectivity index (χ3n) is 5.46. The Morgan fingerprint density at radius 1 is 1.00 bits per heavy atom. The molecule has 5 nitrogen and oxygen atoms in total. The average molecular weight is 416 g/mol. The average Bonchev–Trinajstić information content (AvgIpc) is 2.89. The maximum absolute atomic E-state index is 14.0. The summed E-state index contributed by atoms with van der Waals surface area (Å²) in [5, 5.41) is 4.43. The topological polar surface area (TPSA) is 64.0 Å². The molecule has 2 aromatic carbocycles. The number of sulfonamides is 1. The van der Waals surface area contributed by atoms with Crippen molar-refractivity contribution in [1.29, 1.82) is 0 Å². The van der Waals surface area contributed by atoms with Crippen molar-refractivity contribution >= 4 is 15.7 Å². The van der Waals surface area contributed by atoms with Crippen LogP contribution in [0, 0.1) is 47.4 Å². The molecule has 0 saturated heterocycles.